The van der Waals surface area contributed by atoms with Crippen molar-refractivity contribution >= 4 is 34.1 Å². The van der Waals surface area contributed by atoms with Crippen molar-refractivity contribution in [2.24, 2.45) is 5.92 Å². The fourth-order valence-corrected chi connectivity index (χ4v) is 6.38. The number of nitrogens with one attached hydrogen (secondary N) is 1. The zero-order chi connectivity index (χ0) is 29.3. The minimum atomic E-state index is -0.0593. The van der Waals surface area contributed by atoms with Crippen LogP contribution in [0.25, 0.3) is 10.9 Å². The lowest BCUT2D eigenvalue weighted by Gasteiger charge is -2.41. The van der Waals surface area contributed by atoms with E-state index in [1.54, 1.807) is 6.92 Å². The molecule has 42 heavy (non-hydrogen) atoms. The zero-order valence-electron chi connectivity index (χ0n) is 24.6. The number of ether oxygens (including phenoxy) is 1. The Bertz CT molecular complexity index is 1460. The van der Waals surface area contributed by atoms with E-state index < -0.39 is 0 Å². The molecule has 1 fully saturated rings. The summed E-state index contributed by atoms with van der Waals surface area (Å²) in [5, 5.41) is 4.03. The number of nitrogens with zero attached hydrogens (tertiary/aromatic N) is 3. The maximum Gasteiger partial charge on any atom is 0.221 e. The van der Waals surface area contributed by atoms with Crippen LogP contribution in [-0.2, 0) is 11.3 Å². The van der Waals surface area contributed by atoms with E-state index in [1.807, 2.05) is 43.3 Å². The molecule has 0 spiro atoms. The van der Waals surface area contributed by atoms with Crippen molar-refractivity contribution in [1.29, 1.82) is 0 Å². The van der Waals surface area contributed by atoms with Crippen molar-refractivity contribution < 1.29 is 9.53 Å². The summed E-state index contributed by atoms with van der Waals surface area (Å²) in [5.74, 6) is 1.87. The lowest BCUT2D eigenvalue weighted by molar-refractivity contribution is -0.114. The summed E-state index contributed by atoms with van der Waals surface area (Å²) >= 11 is 6.38. The number of rotatable bonds is 12. The van der Waals surface area contributed by atoms with Crippen LogP contribution in [0.5, 0.6) is 5.75 Å². The average molecular weight is 585 g/mol. The number of amides is 1. The Morgan fingerprint density at radius 1 is 1.05 bits per heavy atom. The number of hydrogen-bond acceptors (Lipinski definition) is 5. The third-order valence-corrected chi connectivity index (χ3v) is 8.29. The largest absolute Gasteiger partial charge is 0.492 e. The molecule has 1 saturated heterocycles. The van der Waals surface area contributed by atoms with Crippen LogP contribution in [0.2, 0.25) is 0 Å². The topological polar surface area (TPSA) is 57.7 Å². The normalized spacial score (nSPS) is 15.1. The Morgan fingerprint density at radius 2 is 1.83 bits per heavy atom. The van der Waals surface area contributed by atoms with Gasteiger partial charge in [0.1, 0.15) is 12.4 Å². The molecule has 1 N–H and O–H groups in total. The number of anilines is 1. The van der Waals surface area contributed by atoms with E-state index in [9.17, 15) is 4.79 Å². The standard InChI is InChI=1S/C35H41ClN4O2/c1-26-14-15-32-33(37-26)12-7-13-34(32)42-23-22-39-19-16-29(17-20-39)35(30-10-6-11-31(24-30)38-27(2)41)40(21-18-36)25-28-8-4-3-5-9-28/h3-15,24,29,35H,16-23,25H2,1-2H3,(H,38,41). The molecular weight excluding hydrogens is 544 g/mol. The van der Waals surface area contributed by atoms with Gasteiger partial charge in [-0.25, -0.2) is 0 Å². The first kappa shape index (κ1) is 30.0. The Labute approximate surface area is 254 Å². The molecule has 4 aromatic rings. The van der Waals surface area contributed by atoms with Crippen LogP contribution in [0.1, 0.15) is 42.6 Å². The van der Waals surface area contributed by atoms with E-state index in [-0.39, 0.29) is 11.9 Å². The third-order valence-electron chi connectivity index (χ3n) is 8.12. The maximum absolute atomic E-state index is 11.8. The van der Waals surface area contributed by atoms with Gasteiger partial charge in [0.25, 0.3) is 0 Å². The first-order valence-corrected chi connectivity index (χ1v) is 15.5. The van der Waals surface area contributed by atoms with Crippen molar-refractivity contribution in [3.05, 3.63) is 102 Å². The molecule has 0 aliphatic carbocycles. The third kappa shape index (κ3) is 7.88. The summed E-state index contributed by atoms with van der Waals surface area (Å²) in [6.07, 6.45) is 2.17. The number of carbonyl (C=O) groups excluding carboxylic acids is 1. The zero-order valence-corrected chi connectivity index (χ0v) is 25.4. The van der Waals surface area contributed by atoms with Crippen LogP contribution in [-0.4, -0.2) is 59.4 Å². The van der Waals surface area contributed by atoms with Crippen molar-refractivity contribution in [1.82, 2.24) is 14.8 Å². The number of piperidine rings is 1. The average Bonchev–Trinajstić information content (AvgIpc) is 2.98. The fraction of sp³-hybridized carbons (Fsp3) is 0.371. The minimum absolute atomic E-state index is 0.0593. The molecule has 0 radical (unpaired) electrons. The van der Waals surface area contributed by atoms with Crippen LogP contribution in [0, 0.1) is 12.8 Å². The number of halogens is 1. The number of carbonyl (C=O) groups is 1. The molecule has 0 saturated carbocycles. The lowest BCUT2D eigenvalue weighted by atomic mass is 9.83. The predicted octanol–water partition coefficient (Wildman–Crippen LogP) is 7.07. The van der Waals surface area contributed by atoms with Crippen molar-refractivity contribution in [2.45, 2.75) is 39.3 Å². The number of aromatic nitrogens is 1. The Hall–Kier alpha value is -3.45. The second kappa shape index (κ2) is 14.6. The minimum Gasteiger partial charge on any atom is -0.492 e. The van der Waals surface area contributed by atoms with E-state index in [4.69, 9.17) is 16.3 Å². The molecule has 2 heterocycles. The highest BCUT2D eigenvalue weighted by Gasteiger charge is 2.32. The summed E-state index contributed by atoms with van der Waals surface area (Å²) in [4.78, 5) is 21.5. The molecule has 1 aliphatic rings. The van der Waals surface area contributed by atoms with Crippen LogP contribution < -0.4 is 10.1 Å². The Morgan fingerprint density at radius 3 is 2.60 bits per heavy atom. The molecule has 1 aliphatic heterocycles. The van der Waals surface area contributed by atoms with Gasteiger partial charge in [-0.05, 0) is 86.3 Å². The Balaban J connectivity index is 1.27. The Kier molecular flexibility index (Phi) is 10.5. The number of likely N-dealkylation sites (tertiary alicyclic amines) is 1. The van der Waals surface area contributed by atoms with Gasteiger partial charge in [-0.3, -0.25) is 19.6 Å². The van der Waals surface area contributed by atoms with Crippen LogP contribution in [0.15, 0.2) is 84.9 Å². The molecule has 1 atom stereocenters. The fourth-order valence-electron chi connectivity index (χ4n) is 6.16. The lowest BCUT2D eigenvalue weighted by Crippen LogP contribution is -2.42. The van der Waals surface area contributed by atoms with Crippen molar-refractivity contribution in [2.75, 3.05) is 44.0 Å². The highest BCUT2D eigenvalue weighted by Crippen LogP contribution is 2.37. The van der Waals surface area contributed by atoms with Crippen LogP contribution in [0.4, 0.5) is 5.69 Å². The summed E-state index contributed by atoms with van der Waals surface area (Å²) < 4.78 is 6.25. The molecule has 7 heteroatoms. The van der Waals surface area contributed by atoms with Gasteiger partial charge in [-0.15, -0.1) is 11.6 Å². The highest BCUT2D eigenvalue weighted by molar-refractivity contribution is 6.18. The first-order valence-electron chi connectivity index (χ1n) is 14.9. The number of alkyl halides is 1. The summed E-state index contributed by atoms with van der Waals surface area (Å²) in [7, 11) is 0. The number of aryl methyl sites for hydroxylation is 1. The summed E-state index contributed by atoms with van der Waals surface area (Å²) in [6.45, 7) is 8.76. The number of pyridine rings is 1. The van der Waals surface area contributed by atoms with Crippen LogP contribution >= 0.6 is 11.6 Å². The van der Waals surface area contributed by atoms with Gasteiger partial charge in [0.2, 0.25) is 5.91 Å². The summed E-state index contributed by atoms with van der Waals surface area (Å²) in [6, 6.07) is 29.4. The number of hydrogen-bond donors (Lipinski definition) is 1. The van der Waals surface area contributed by atoms with Gasteiger partial charge in [0.15, 0.2) is 0 Å². The first-order chi connectivity index (χ1) is 20.5. The van der Waals surface area contributed by atoms with Crippen LogP contribution in [0.3, 0.4) is 0 Å². The van der Waals surface area contributed by atoms with Gasteiger partial charge >= 0.3 is 0 Å². The van der Waals surface area contributed by atoms with E-state index >= 15 is 0 Å². The van der Waals surface area contributed by atoms with Gasteiger partial charge in [0, 0.05) is 55.2 Å². The maximum atomic E-state index is 11.8. The molecule has 1 unspecified atom stereocenters. The molecule has 6 nitrogen and oxygen atoms in total. The summed E-state index contributed by atoms with van der Waals surface area (Å²) in [5.41, 5.74) is 5.32. The second-order valence-electron chi connectivity index (χ2n) is 11.2. The molecule has 0 bridgehead atoms. The highest BCUT2D eigenvalue weighted by atomic mass is 35.5. The number of benzene rings is 3. The molecule has 1 amide bonds. The molecule has 5 rings (SSSR count). The van der Waals surface area contributed by atoms with Gasteiger partial charge < -0.3 is 10.1 Å². The van der Waals surface area contributed by atoms with E-state index in [0.29, 0.717) is 18.4 Å². The van der Waals surface area contributed by atoms with E-state index in [1.165, 1.54) is 11.1 Å². The molecule has 1 aromatic heterocycles. The van der Waals surface area contributed by atoms with Crippen molar-refractivity contribution in [3.8, 4) is 5.75 Å². The predicted molar refractivity (Wildman–Crippen MR) is 172 cm³/mol. The molecule has 220 valence electrons. The number of fused-ring (bicyclic) bond motifs is 1. The quantitative estimate of drug-likeness (QED) is 0.180. The smallest absolute Gasteiger partial charge is 0.221 e. The molecular formula is C35H41ClN4O2. The second-order valence-corrected chi connectivity index (χ2v) is 11.6. The van der Waals surface area contributed by atoms with E-state index in [2.05, 4.69) is 68.6 Å². The van der Waals surface area contributed by atoms with E-state index in [0.717, 1.165) is 73.6 Å². The molecule has 3 aromatic carbocycles. The van der Waals surface area contributed by atoms with Gasteiger partial charge in [-0.2, -0.15) is 0 Å². The monoisotopic (exact) mass is 584 g/mol. The van der Waals surface area contributed by atoms with Gasteiger partial charge in [-0.1, -0.05) is 48.5 Å². The van der Waals surface area contributed by atoms with Gasteiger partial charge in [0.05, 0.1) is 5.52 Å². The van der Waals surface area contributed by atoms with Crippen molar-refractivity contribution in [3.63, 3.8) is 0 Å². The SMILES string of the molecule is CC(=O)Nc1cccc(C(C2CCN(CCOc3cccc4nc(C)ccc34)CC2)N(CCCl)Cc2ccccc2)c1.